The zero-order valence-electron chi connectivity index (χ0n) is 15.9. The first-order valence-electron chi connectivity index (χ1n) is 9.11. The quantitative estimate of drug-likeness (QED) is 0.173. The van der Waals surface area contributed by atoms with Crippen molar-refractivity contribution in [3.05, 3.63) is 32.6 Å². The van der Waals surface area contributed by atoms with Gasteiger partial charge in [-0.05, 0) is 6.42 Å². The molecule has 0 spiro atoms. The molecule has 0 aliphatic heterocycles. The van der Waals surface area contributed by atoms with Crippen LogP contribution in [-0.2, 0) is 9.59 Å². The van der Waals surface area contributed by atoms with Gasteiger partial charge in [0.1, 0.15) is 5.56 Å². The number of rotatable bonds is 12. The van der Waals surface area contributed by atoms with Crippen LogP contribution in [0.15, 0.2) is 15.8 Å². The van der Waals surface area contributed by atoms with E-state index in [1.807, 2.05) is 0 Å². The molecule has 0 unspecified atom stereocenters. The van der Waals surface area contributed by atoms with Gasteiger partial charge in [0.15, 0.2) is 0 Å². The normalized spacial score (nSPS) is 10.0. The van der Waals surface area contributed by atoms with Crippen molar-refractivity contribution in [3.8, 4) is 11.8 Å². The highest BCUT2D eigenvalue weighted by molar-refractivity contribution is 8.76. The zero-order chi connectivity index (χ0) is 20.6. The molecular weight excluding hydrogens is 400 g/mol. The van der Waals surface area contributed by atoms with Crippen LogP contribution in [-0.4, -0.2) is 40.0 Å². The van der Waals surface area contributed by atoms with Crippen LogP contribution in [0, 0.1) is 11.8 Å². The van der Waals surface area contributed by atoms with Crippen molar-refractivity contribution in [2.24, 2.45) is 0 Å². The Kier molecular flexibility index (Phi) is 12.7. The fourth-order valence-electron chi connectivity index (χ4n) is 2.02. The first-order valence-corrected chi connectivity index (χ1v) is 11.6. The number of aromatic amines is 2. The Morgan fingerprint density at radius 2 is 1.86 bits per heavy atom. The fraction of sp³-hybridized carbons (Fsp3) is 0.556. The summed E-state index contributed by atoms with van der Waals surface area (Å²) in [6.45, 7) is 2.25. The van der Waals surface area contributed by atoms with E-state index in [1.54, 1.807) is 0 Å². The summed E-state index contributed by atoms with van der Waals surface area (Å²) in [4.78, 5) is 50.0. The molecule has 1 aromatic heterocycles. The predicted molar refractivity (Wildman–Crippen MR) is 114 cm³/mol. The van der Waals surface area contributed by atoms with Gasteiger partial charge in [0.2, 0.25) is 11.8 Å². The van der Waals surface area contributed by atoms with Crippen molar-refractivity contribution in [2.45, 2.75) is 45.4 Å². The van der Waals surface area contributed by atoms with E-state index in [2.05, 4.69) is 39.4 Å². The molecule has 0 fully saturated rings. The summed E-state index contributed by atoms with van der Waals surface area (Å²) in [5.74, 6) is 6.32. The summed E-state index contributed by atoms with van der Waals surface area (Å²) in [7, 11) is 3.03. The average molecular weight is 427 g/mol. The van der Waals surface area contributed by atoms with Gasteiger partial charge < -0.3 is 15.6 Å². The number of nitrogens with one attached hydrogen (secondary N) is 4. The lowest BCUT2D eigenvalue weighted by molar-refractivity contribution is -0.121. The van der Waals surface area contributed by atoms with Crippen LogP contribution >= 0.6 is 21.6 Å². The molecule has 1 rings (SSSR count). The molecule has 4 N–H and O–H groups in total. The maximum absolute atomic E-state index is 11.7. The van der Waals surface area contributed by atoms with E-state index < -0.39 is 11.2 Å². The SMILES string of the molecule is CCCCCCC(=O)NCSSCCC(=O)NCC#Cc1c[nH]c(=O)[nH]c1=O. The molecule has 28 heavy (non-hydrogen) atoms. The topological polar surface area (TPSA) is 124 Å². The minimum Gasteiger partial charge on any atom is -0.346 e. The molecule has 154 valence electrons. The Morgan fingerprint density at radius 1 is 1.07 bits per heavy atom. The molecule has 0 aliphatic rings. The van der Waals surface area contributed by atoms with E-state index in [4.69, 9.17) is 0 Å². The molecule has 0 saturated heterocycles. The minimum atomic E-state index is -0.592. The Hall–Kier alpha value is -2.12. The highest BCUT2D eigenvalue weighted by atomic mass is 33.1. The lowest BCUT2D eigenvalue weighted by Gasteiger charge is -2.05. The predicted octanol–water partition coefficient (Wildman–Crippen LogP) is 1.35. The molecule has 0 aliphatic carbocycles. The number of unbranched alkanes of at least 4 members (excludes halogenated alkanes) is 3. The van der Waals surface area contributed by atoms with Gasteiger partial charge >= 0.3 is 5.69 Å². The fourth-order valence-corrected chi connectivity index (χ4v) is 3.74. The maximum Gasteiger partial charge on any atom is 0.325 e. The van der Waals surface area contributed by atoms with Gasteiger partial charge in [-0.25, -0.2) is 4.79 Å². The van der Waals surface area contributed by atoms with Crippen molar-refractivity contribution in [1.29, 1.82) is 0 Å². The van der Waals surface area contributed by atoms with Crippen LogP contribution in [0.4, 0.5) is 0 Å². The lowest BCUT2D eigenvalue weighted by Crippen LogP contribution is -2.25. The number of amides is 2. The summed E-state index contributed by atoms with van der Waals surface area (Å²) in [6, 6.07) is 0. The van der Waals surface area contributed by atoms with Crippen LogP contribution < -0.4 is 21.9 Å². The van der Waals surface area contributed by atoms with E-state index in [0.717, 1.165) is 25.7 Å². The average Bonchev–Trinajstić information content (AvgIpc) is 2.66. The molecule has 0 radical (unpaired) electrons. The summed E-state index contributed by atoms with van der Waals surface area (Å²) in [5, 5.41) is 5.48. The van der Waals surface area contributed by atoms with Gasteiger partial charge in [-0.1, -0.05) is 59.6 Å². The Balaban J connectivity index is 2.05. The van der Waals surface area contributed by atoms with Crippen molar-refractivity contribution >= 4 is 33.4 Å². The van der Waals surface area contributed by atoms with E-state index in [1.165, 1.54) is 27.8 Å². The van der Waals surface area contributed by atoms with Gasteiger partial charge in [-0.3, -0.25) is 19.4 Å². The summed E-state index contributed by atoms with van der Waals surface area (Å²) in [5.41, 5.74) is -1.02. The smallest absolute Gasteiger partial charge is 0.325 e. The van der Waals surface area contributed by atoms with Crippen molar-refractivity contribution in [1.82, 2.24) is 20.6 Å². The number of hydrogen-bond acceptors (Lipinski definition) is 6. The Bertz CT molecular complexity index is 795. The van der Waals surface area contributed by atoms with Crippen LogP contribution in [0.25, 0.3) is 0 Å². The second kappa shape index (κ2) is 14.9. The monoisotopic (exact) mass is 426 g/mol. The van der Waals surface area contributed by atoms with Crippen LogP contribution in [0.5, 0.6) is 0 Å². The molecule has 10 heteroatoms. The van der Waals surface area contributed by atoms with Gasteiger partial charge in [0, 0.05) is 24.8 Å². The number of carbonyl (C=O) groups excluding carboxylic acids is 2. The second-order valence-electron chi connectivity index (χ2n) is 5.81. The van der Waals surface area contributed by atoms with Crippen molar-refractivity contribution in [2.75, 3.05) is 18.2 Å². The van der Waals surface area contributed by atoms with E-state index in [0.29, 0.717) is 24.5 Å². The summed E-state index contributed by atoms with van der Waals surface area (Å²) < 4.78 is 0. The van der Waals surface area contributed by atoms with Gasteiger partial charge in [0.25, 0.3) is 5.56 Å². The summed E-state index contributed by atoms with van der Waals surface area (Å²) >= 11 is 0. The molecule has 0 atom stereocenters. The third-order valence-electron chi connectivity index (χ3n) is 3.50. The summed E-state index contributed by atoms with van der Waals surface area (Å²) in [6.07, 6.45) is 6.47. The molecule has 0 saturated carbocycles. The highest BCUT2D eigenvalue weighted by Gasteiger charge is 2.02. The van der Waals surface area contributed by atoms with E-state index >= 15 is 0 Å². The van der Waals surface area contributed by atoms with Crippen LogP contribution in [0.2, 0.25) is 0 Å². The standard InChI is InChI=1S/C18H26N4O4S2/c1-2-3-4-5-8-15(23)21-13-28-27-11-9-16(24)19-10-6-7-14-12-20-18(26)22-17(14)25/h12H,2-5,8-11,13H2,1H3,(H,19,24)(H,21,23)(H2,20,22,25,26). The number of carbonyl (C=O) groups is 2. The first-order chi connectivity index (χ1) is 13.5. The van der Waals surface area contributed by atoms with Gasteiger partial charge in [-0.2, -0.15) is 0 Å². The van der Waals surface area contributed by atoms with Crippen molar-refractivity contribution < 1.29 is 9.59 Å². The lowest BCUT2D eigenvalue weighted by atomic mass is 10.1. The molecule has 2 amide bonds. The van der Waals surface area contributed by atoms with Crippen LogP contribution in [0.1, 0.15) is 51.0 Å². The molecule has 1 heterocycles. The minimum absolute atomic E-state index is 0.0712. The third-order valence-corrected chi connectivity index (χ3v) is 5.65. The highest BCUT2D eigenvalue weighted by Crippen LogP contribution is 2.20. The van der Waals surface area contributed by atoms with Gasteiger partial charge in [0.05, 0.1) is 12.4 Å². The largest absolute Gasteiger partial charge is 0.346 e. The third kappa shape index (κ3) is 11.6. The van der Waals surface area contributed by atoms with Crippen LogP contribution in [0.3, 0.4) is 0 Å². The molecule has 0 aromatic carbocycles. The first kappa shape index (κ1) is 23.9. The zero-order valence-corrected chi connectivity index (χ0v) is 17.5. The number of H-pyrrole nitrogens is 2. The van der Waals surface area contributed by atoms with Gasteiger partial charge in [-0.15, -0.1) is 0 Å². The van der Waals surface area contributed by atoms with Crippen molar-refractivity contribution in [3.63, 3.8) is 0 Å². The Labute approximate surface area is 171 Å². The van der Waals surface area contributed by atoms with E-state index in [9.17, 15) is 19.2 Å². The second-order valence-corrected chi connectivity index (χ2v) is 8.39. The molecule has 8 nitrogen and oxygen atoms in total. The molecule has 0 bridgehead atoms. The number of hydrogen-bond donors (Lipinski definition) is 4. The molecular formula is C18H26N4O4S2. The Morgan fingerprint density at radius 3 is 2.61 bits per heavy atom. The number of aromatic nitrogens is 2. The van der Waals surface area contributed by atoms with E-state index in [-0.39, 0.29) is 23.9 Å². The molecule has 1 aromatic rings. The maximum atomic E-state index is 11.7.